The van der Waals surface area contributed by atoms with Gasteiger partial charge in [-0.25, -0.2) is 0 Å². The van der Waals surface area contributed by atoms with Gasteiger partial charge in [-0.1, -0.05) is 18.2 Å². The molecule has 1 amide bonds. The standard InChI is InChI=1S/C20H22F3NO3/c1-26-17-9-5-15(13-18(17)27-2)11-12-24-19(25)10-6-14-3-7-16(8-4-14)20(21,22)23/h3-5,7-9,13H,6,10-12H2,1-2H3,(H,24,25)/i1D3,2D3,11D2,12D2. The predicted octanol–water partition coefficient (Wildman–Crippen LogP) is 4.01. The zero-order valence-corrected chi connectivity index (χ0v) is 13.8. The third-order valence-electron chi connectivity index (χ3n) is 3.49. The van der Waals surface area contributed by atoms with Crippen molar-refractivity contribution in [1.82, 2.24) is 5.32 Å². The Labute approximate surface area is 170 Å². The highest BCUT2D eigenvalue weighted by atomic mass is 19.4. The molecule has 0 atom stereocenters. The molecule has 2 rings (SSSR count). The van der Waals surface area contributed by atoms with Crippen molar-refractivity contribution in [3.8, 4) is 11.5 Å². The van der Waals surface area contributed by atoms with E-state index in [4.69, 9.17) is 18.4 Å². The number of alkyl halides is 3. The maximum Gasteiger partial charge on any atom is 0.416 e. The second-order valence-corrected chi connectivity index (χ2v) is 5.36. The normalized spacial score (nSPS) is 18.6. The fourth-order valence-corrected chi connectivity index (χ4v) is 2.10. The van der Waals surface area contributed by atoms with Gasteiger partial charge >= 0.3 is 6.18 Å². The van der Waals surface area contributed by atoms with Crippen LogP contribution in [0, 0.1) is 0 Å². The van der Waals surface area contributed by atoms with Crippen molar-refractivity contribution in [1.29, 1.82) is 0 Å². The molecule has 0 unspecified atom stereocenters. The largest absolute Gasteiger partial charge is 0.493 e. The van der Waals surface area contributed by atoms with Gasteiger partial charge in [0.25, 0.3) is 0 Å². The second-order valence-electron chi connectivity index (χ2n) is 5.36. The summed E-state index contributed by atoms with van der Waals surface area (Å²) in [5, 5.41) is 1.89. The van der Waals surface area contributed by atoms with Crippen LogP contribution in [0.3, 0.4) is 0 Å². The number of ether oxygens (including phenoxy) is 2. The first-order valence-corrected chi connectivity index (χ1v) is 7.60. The molecular weight excluding hydrogens is 359 g/mol. The second kappa shape index (κ2) is 9.30. The Kier molecular flexibility index (Phi) is 3.65. The van der Waals surface area contributed by atoms with Crippen LogP contribution < -0.4 is 14.8 Å². The molecule has 7 heteroatoms. The molecule has 0 saturated carbocycles. The van der Waals surface area contributed by atoms with Crippen molar-refractivity contribution in [3.63, 3.8) is 0 Å². The van der Waals surface area contributed by atoms with E-state index in [0.29, 0.717) is 5.56 Å². The lowest BCUT2D eigenvalue weighted by Crippen LogP contribution is -2.25. The minimum atomic E-state index is -4.52. The molecule has 0 aromatic heterocycles. The number of carbonyl (C=O) groups is 1. The molecule has 0 aliphatic carbocycles. The van der Waals surface area contributed by atoms with E-state index in [0.717, 1.165) is 30.3 Å². The third kappa shape index (κ3) is 6.20. The van der Waals surface area contributed by atoms with E-state index in [-0.39, 0.29) is 12.8 Å². The van der Waals surface area contributed by atoms with Crippen LogP contribution in [-0.4, -0.2) is 26.5 Å². The molecule has 0 bridgehead atoms. The first kappa shape index (κ1) is 10.6. The number of halogens is 3. The number of nitrogens with one attached hydrogen (secondary N) is 1. The van der Waals surface area contributed by atoms with Crippen LogP contribution in [0.25, 0.3) is 0 Å². The monoisotopic (exact) mass is 391 g/mol. The summed E-state index contributed by atoms with van der Waals surface area (Å²) >= 11 is 0. The summed E-state index contributed by atoms with van der Waals surface area (Å²) in [5.41, 5.74) is -1.01. The molecule has 2 aromatic rings. The number of hydrogen-bond donors (Lipinski definition) is 1. The van der Waals surface area contributed by atoms with E-state index in [1.54, 1.807) is 0 Å². The van der Waals surface area contributed by atoms with Gasteiger partial charge in [-0.05, 0) is 48.2 Å². The smallest absolute Gasteiger partial charge is 0.416 e. The van der Waals surface area contributed by atoms with E-state index in [2.05, 4.69) is 4.74 Å². The number of hydrogen-bond acceptors (Lipinski definition) is 3. The molecular formula is C20H22F3NO3. The van der Waals surface area contributed by atoms with Crippen LogP contribution in [0.15, 0.2) is 42.5 Å². The molecule has 2 aromatic carbocycles. The first-order valence-electron chi connectivity index (χ1n) is 12.6. The average molecular weight is 391 g/mol. The van der Waals surface area contributed by atoms with Gasteiger partial charge in [-0.3, -0.25) is 4.79 Å². The van der Waals surface area contributed by atoms with Crippen LogP contribution in [0.1, 0.15) is 36.8 Å². The average Bonchev–Trinajstić information content (AvgIpc) is 2.70. The van der Waals surface area contributed by atoms with Crippen LogP contribution in [0.5, 0.6) is 11.5 Å². The number of methoxy groups -OCH3 is 2. The van der Waals surface area contributed by atoms with Gasteiger partial charge < -0.3 is 14.8 Å². The fourth-order valence-electron chi connectivity index (χ4n) is 2.10. The highest BCUT2D eigenvalue weighted by Gasteiger charge is 2.29. The lowest BCUT2D eigenvalue weighted by molar-refractivity contribution is -0.137. The Morgan fingerprint density at radius 2 is 1.74 bits per heavy atom. The minimum absolute atomic E-state index is 0.0548. The summed E-state index contributed by atoms with van der Waals surface area (Å²) in [6, 6.07) is 6.59. The van der Waals surface area contributed by atoms with E-state index in [1.165, 1.54) is 12.1 Å². The van der Waals surface area contributed by atoms with Crippen LogP contribution in [-0.2, 0) is 23.8 Å². The predicted molar refractivity (Wildman–Crippen MR) is 96.0 cm³/mol. The Hall–Kier alpha value is -2.70. The molecule has 0 aliphatic heterocycles. The Bertz CT molecular complexity index is 1100. The van der Waals surface area contributed by atoms with Crippen molar-refractivity contribution >= 4 is 5.91 Å². The maximum atomic E-state index is 12.7. The van der Waals surface area contributed by atoms with Gasteiger partial charge in [-0.2, -0.15) is 13.2 Å². The van der Waals surface area contributed by atoms with Crippen molar-refractivity contribution in [3.05, 3.63) is 59.2 Å². The molecule has 4 nitrogen and oxygen atoms in total. The van der Waals surface area contributed by atoms with Gasteiger partial charge in [0.2, 0.25) is 5.91 Å². The maximum absolute atomic E-state index is 12.7. The van der Waals surface area contributed by atoms with Gasteiger partial charge in [0.1, 0.15) is 0 Å². The Morgan fingerprint density at radius 1 is 1.07 bits per heavy atom. The Morgan fingerprint density at radius 3 is 2.41 bits per heavy atom. The molecule has 0 heterocycles. The van der Waals surface area contributed by atoms with Crippen molar-refractivity contribution < 1.29 is 41.1 Å². The zero-order valence-electron chi connectivity index (χ0n) is 23.8. The number of aryl methyl sites for hydroxylation is 2. The zero-order chi connectivity index (χ0) is 28.4. The van der Waals surface area contributed by atoms with Gasteiger partial charge in [0.15, 0.2) is 11.5 Å². The first-order chi connectivity index (χ1) is 16.6. The molecule has 27 heavy (non-hydrogen) atoms. The fraction of sp³-hybridized carbons (Fsp3) is 0.350. The van der Waals surface area contributed by atoms with Gasteiger partial charge in [0.05, 0.1) is 27.9 Å². The lowest BCUT2D eigenvalue weighted by Gasteiger charge is -2.10. The van der Waals surface area contributed by atoms with Crippen LogP contribution in [0.4, 0.5) is 13.2 Å². The summed E-state index contributed by atoms with van der Waals surface area (Å²) in [6.07, 6.45) is -7.94. The summed E-state index contributed by atoms with van der Waals surface area (Å²) in [7, 11) is -6.08. The van der Waals surface area contributed by atoms with Gasteiger partial charge in [-0.15, -0.1) is 0 Å². The van der Waals surface area contributed by atoms with Crippen molar-refractivity contribution in [2.75, 3.05) is 20.6 Å². The Balaban J connectivity index is 2.20. The number of amides is 1. The number of rotatable bonds is 8. The number of benzene rings is 2. The summed E-state index contributed by atoms with van der Waals surface area (Å²) in [5.74, 6) is -2.20. The highest BCUT2D eigenvalue weighted by molar-refractivity contribution is 5.76. The summed E-state index contributed by atoms with van der Waals surface area (Å²) in [4.78, 5) is 12.3. The molecule has 0 radical (unpaired) electrons. The minimum Gasteiger partial charge on any atom is -0.493 e. The van der Waals surface area contributed by atoms with Crippen molar-refractivity contribution in [2.24, 2.45) is 0 Å². The summed E-state index contributed by atoms with van der Waals surface area (Å²) in [6.45, 7) is -3.06. The quantitative estimate of drug-likeness (QED) is 0.740. The van der Waals surface area contributed by atoms with E-state index >= 15 is 0 Å². The van der Waals surface area contributed by atoms with Crippen LogP contribution in [0.2, 0.25) is 0 Å². The molecule has 0 aliphatic rings. The molecule has 0 fully saturated rings. The topological polar surface area (TPSA) is 47.6 Å². The van der Waals surface area contributed by atoms with Gasteiger partial charge in [0, 0.05) is 18.4 Å². The van der Waals surface area contributed by atoms with Crippen molar-refractivity contribution in [2.45, 2.75) is 25.4 Å². The number of carbonyl (C=O) groups excluding carboxylic acids is 1. The van der Waals surface area contributed by atoms with E-state index in [1.807, 2.05) is 5.32 Å². The van der Waals surface area contributed by atoms with Crippen LogP contribution >= 0.6 is 0 Å². The molecule has 1 N–H and O–H groups in total. The highest BCUT2D eigenvalue weighted by Crippen LogP contribution is 2.29. The molecule has 0 saturated heterocycles. The molecule has 146 valence electrons. The SMILES string of the molecule is [2H]C([2H])([2H])Oc1ccc(C([2H])([2H])C([2H])([2H])NC(=O)CCc2ccc(C(F)(F)F)cc2)cc1OC([2H])([2H])[2H]. The van der Waals surface area contributed by atoms with E-state index < -0.39 is 61.7 Å². The lowest BCUT2D eigenvalue weighted by atomic mass is 10.1. The summed E-state index contributed by atoms with van der Waals surface area (Å²) < 4.78 is 123. The molecule has 0 spiro atoms. The van der Waals surface area contributed by atoms with E-state index in [9.17, 15) is 18.0 Å². The third-order valence-corrected chi connectivity index (χ3v) is 3.49.